The lowest BCUT2D eigenvalue weighted by atomic mass is 9.95. The van der Waals surface area contributed by atoms with Gasteiger partial charge in [0.25, 0.3) is 0 Å². The van der Waals surface area contributed by atoms with E-state index in [9.17, 15) is 9.90 Å². The van der Waals surface area contributed by atoms with Gasteiger partial charge in [-0.2, -0.15) is 5.26 Å². The third-order valence-corrected chi connectivity index (χ3v) is 3.34. The lowest BCUT2D eigenvalue weighted by molar-refractivity contribution is 0.122. The van der Waals surface area contributed by atoms with Crippen LogP contribution in [0.1, 0.15) is 43.0 Å². The van der Waals surface area contributed by atoms with E-state index in [0.29, 0.717) is 18.0 Å². The molecule has 0 bridgehead atoms. The maximum atomic E-state index is 11.3. The fraction of sp³-hybridized carbons (Fsp3) is 0.429. The Bertz CT molecular complexity index is 517. The van der Waals surface area contributed by atoms with Crippen molar-refractivity contribution in [3.63, 3.8) is 0 Å². The summed E-state index contributed by atoms with van der Waals surface area (Å²) in [5, 5.41) is 18.4. The maximum absolute atomic E-state index is 11.3. The second kappa shape index (κ2) is 4.69. The second-order valence-electron chi connectivity index (χ2n) is 5.04. The van der Waals surface area contributed by atoms with E-state index in [1.165, 1.54) is 4.90 Å². The van der Waals surface area contributed by atoms with Crippen LogP contribution in [0.4, 0.5) is 4.79 Å². The molecule has 1 atom stereocenters. The minimum absolute atomic E-state index is 0.120. The standard InChI is InChI=1S/C14H16N2O2/c1-9(2)6-13-11-5-3-4-10(7-15)12(11)8-16(13)14(17)18/h3-5,9,13H,6,8H2,1-2H3,(H,17,18). The minimum Gasteiger partial charge on any atom is -0.465 e. The third kappa shape index (κ3) is 2.04. The van der Waals surface area contributed by atoms with E-state index < -0.39 is 6.09 Å². The Labute approximate surface area is 106 Å². The highest BCUT2D eigenvalue weighted by atomic mass is 16.4. The fourth-order valence-corrected chi connectivity index (χ4v) is 2.55. The van der Waals surface area contributed by atoms with Crippen LogP contribution < -0.4 is 0 Å². The van der Waals surface area contributed by atoms with Crippen molar-refractivity contribution in [3.05, 3.63) is 34.9 Å². The van der Waals surface area contributed by atoms with Gasteiger partial charge in [0.2, 0.25) is 0 Å². The first-order chi connectivity index (χ1) is 8.54. The van der Waals surface area contributed by atoms with Crippen LogP contribution in [0.15, 0.2) is 18.2 Å². The molecule has 0 aromatic heterocycles. The number of benzene rings is 1. The van der Waals surface area contributed by atoms with Crippen LogP contribution in [0.2, 0.25) is 0 Å². The van der Waals surface area contributed by atoms with Crippen molar-refractivity contribution in [1.82, 2.24) is 4.90 Å². The number of hydrogen-bond donors (Lipinski definition) is 1. The summed E-state index contributed by atoms with van der Waals surface area (Å²) in [7, 11) is 0. The molecule has 1 aromatic rings. The Kier molecular flexibility index (Phi) is 3.24. The van der Waals surface area contributed by atoms with Gasteiger partial charge in [0.15, 0.2) is 0 Å². The molecule has 0 radical (unpaired) electrons. The van der Waals surface area contributed by atoms with Gasteiger partial charge in [0.1, 0.15) is 0 Å². The average Bonchev–Trinajstić information content (AvgIpc) is 2.67. The molecule has 4 heteroatoms. The van der Waals surface area contributed by atoms with Crippen LogP contribution in [-0.2, 0) is 6.54 Å². The van der Waals surface area contributed by atoms with Gasteiger partial charge in [-0.3, -0.25) is 4.90 Å². The van der Waals surface area contributed by atoms with Crippen molar-refractivity contribution in [2.24, 2.45) is 5.92 Å². The summed E-state index contributed by atoms with van der Waals surface area (Å²) >= 11 is 0. The number of carboxylic acid groups (broad SMARTS) is 1. The van der Waals surface area contributed by atoms with Crippen LogP contribution in [0.5, 0.6) is 0 Å². The molecule has 0 saturated carbocycles. The first-order valence-corrected chi connectivity index (χ1v) is 6.06. The summed E-state index contributed by atoms with van der Waals surface area (Å²) in [5.41, 5.74) is 2.45. The molecular formula is C14H16N2O2. The Balaban J connectivity index is 2.45. The van der Waals surface area contributed by atoms with Crippen LogP contribution in [0.3, 0.4) is 0 Å². The molecule has 1 aromatic carbocycles. The Morgan fingerprint density at radius 1 is 1.61 bits per heavy atom. The van der Waals surface area contributed by atoms with E-state index in [2.05, 4.69) is 19.9 Å². The largest absolute Gasteiger partial charge is 0.465 e. The summed E-state index contributed by atoms with van der Waals surface area (Å²) in [6.45, 7) is 4.48. The zero-order valence-corrected chi connectivity index (χ0v) is 10.6. The number of fused-ring (bicyclic) bond motifs is 1. The molecule has 18 heavy (non-hydrogen) atoms. The molecule has 1 amide bonds. The predicted octanol–water partition coefficient (Wildman–Crippen LogP) is 3.14. The first-order valence-electron chi connectivity index (χ1n) is 6.06. The first kappa shape index (κ1) is 12.4. The third-order valence-electron chi connectivity index (χ3n) is 3.34. The highest BCUT2D eigenvalue weighted by molar-refractivity contribution is 5.68. The lowest BCUT2D eigenvalue weighted by Gasteiger charge is -2.23. The normalized spacial score (nSPS) is 17.7. The number of hydrogen-bond acceptors (Lipinski definition) is 2. The van der Waals surface area contributed by atoms with Gasteiger partial charge in [-0.15, -0.1) is 0 Å². The Morgan fingerprint density at radius 3 is 2.89 bits per heavy atom. The predicted molar refractivity (Wildman–Crippen MR) is 66.9 cm³/mol. The number of carbonyl (C=O) groups is 1. The summed E-state index contributed by atoms with van der Waals surface area (Å²) in [5.74, 6) is 0.411. The second-order valence-corrected chi connectivity index (χ2v) is 5.04. The summed E-state index contributed by atoms with van der Waals surface area (Å²) < 4.78 is 0. The topological polar surface area (TPSA) is 64.3 Å². The molecule has 1 heterocycles. The summed E-state index contributed by atoms with van der Waals surface area (Å²) in [6, 6.07) is 7.53. The van der Waals surface area contributed by atoms with Crippen LogP contribution in [0, 0.1) is 17.2 Å². The molecule has 94 valence electrons. The summed E-state index contributed by atoms with van der Waals surface area (Å²) in [6.07, 6.45) is -0.130. The number of nitrogens with zero attached hydrogens (tertiary/aromatic N) is 2. The van der Waals surface area contributed by atoms with Crippen LogP contribution in [-0.4, -0.2) is 16.1 Å². The van der Waals surface area contributed by atoms with Crippen LogP contribution in [0.25, 0.3) is 0 Å². The Hall–Kier alpha value is -2.02. The molecule has 2 rings (SSSR count). The number of nitriles is 1. The van der Waals surface area contributed by atoms with Gasteiger partial charge < -0.3 is 5.11 Å². The van der Waals surface area contributed by atoms with E-state index in [0.717, 1.165) is 17.5 Å². The highest BCUT2D eigenvalue weighted by Crippen LogP contribution is 2.39. The van der Waals surface area contributed by atoms with Crippen molar-refractivity contribution < 1.29 is 9.90 Å². The zero-order chi connectivity index (χ0) is 13.3. The van der Waals surface area contributed by atoms with Crippen LogP contribution >= 0.6 is 0 Å². The van der Waals surface area contributed by atoms with Crippen molar-refractivity contribution in [1.29, 1.82) is 5.26 Å². The van der Waals surface area contributed by atoms with Gasteiger partial charge in [0.05, 0.1) is 24.2 Å². The molecule has 0 spiro atoms. The van der Waals surface area contributed by atoms with Crippen molar-refractivity contribution >= 4 is 6.09 Å². The van der Waals surface area contributed by atoms with Gasteiger partial charge in [-0.25, -0.2) is 4.79 Å². The quantitative estimate of drug-likeness (QED) is 0.869. The van der Waals surface area contributed by atoms with Crippen molar-refractivity contribution in [2.45, 2.75) is 32.9 Å². The molecule has 1 aliphatic rings. The fourth-order valence-electron chi connectivity index (χ4n) is 2.55. The number of amides is 1. The van der Waals surface area contributed by atoms with Gasteiger partial charge in [0, 0.05) is 0 Å². The molecule has 4 nitrogen and oxygen atoms in total. The zero-order valence-electron chi connectivity index (χ0n) is 10.6. The molecule has 0 aliphatic carbocycles. The lowest BCUT2D eigenvalue weighted by Crippen LogP contribution is -2.28. The average molecular weight is 244 g/mol. The highest BCUT2D eigenvalue weighted by Gasteiger charge is 2.35. The molecule has 0 saturated heterocycles. The number of rotatable bonds is 2. The maximum Gasteiger partial charge on any atom is 0.408 e. The molecule has 1 aliphatic heterocycles. The Morgan fingerprint density at radius 2 is 2.33 bits per heavy atom. The molecule has 0 fully saturated rings. The van der Waals surface area contributed by atoms with E-state index in [1.54, 1.807) is 6.07 Å². The van der Waals surface area contributed by atoms with Crippen molar-refractivity contribution in [3.8, 4) is 6.07 Å². The van der Waals surface area contributed by atoms with Gasteiger partial charge in [-0.1, -0.05) is 26.0 Å². The van der Waals surface area contributed by atoms with Gasteiger partial charge in [-0.05, 0) is 29.5 Å². The SMILES string of the molecule is CC(C)CC1c2cccc(C#N)c2CN1C(=O)O. The molecule has 1 N–H and O–H groups in total. The van der Waals surface area contributed by atoms with E-state index in [4.69, 9.17) is 5.26 Å². The minimum atomic E-state index is -0.916. The molecular weight excluding hydrogens is 228 g/mol. The van der Waals surface area contributed by atoms with Crippen molar-refractivity contribution in [2.75, 3.05) is 0 Å². The van der Waals surface area contributed by atoms with E-state index in [-0.39, 0.29) is 6.04 Å². The molecule has 1 unspecified atom stereocenters. The smallest absolute Gasteiger partial charge is 0.408 e. The van der Waals surface area contributed by atoms with Gasteiger partial charge >= 0.3 is 6.09 Å². The van der Waals surface area contributed by atoms with E-state index in [1.807, 2.05) is 12.1 Å². The summed E-state index contributed by atoms with van der Waals surface area (Å²) in [4.78, 5) is 12.7. The monoisotopic (exact) mass is 244 g/mol. The van der Waals surface area contributed by atoms with E-state index >= 15 is 0 Å².